The molecule has 0 amide bonds. The van der Waals surface area contributed by atoms with Gasteiger partial charge >= 0.3 is 0 Å². The predicted molar refractivity (Wildman–Crippen MR) is 124 cm³/mol. The van der Waals surface area contributed by atoms with Crippen molar-refractivity contribution in [1.82, 2.24) is 0 Å². The summed E-state index contributed by atoms with van der Waals surface area (Å²) in [5, 5.41) is 0. The standard InChI is InChI=1S/C27H54/c1-23(2)22-26(25-18-13-14-19-25)20-12-9-11-17-24(3)16-10-7-8-15-21-27(4,5)6/h23-26H,7-22H2,1-6H3. The summed E-state index contributed by atoms with van der Waals surface area (Å²) in [6.45, 7) is 14.4. The highest BCUT2D eigenvalue weighted by Crippen LogP contribution is 2.37. The summed E-state index contributed by atoms with van der Waals surface area (Å²) in [4.78, 5) is 0. The van der Waals surface area contributed by atoms with Crippen LogP contribution < -0.4 is 0 Å². The molecule has 27 heavy (non-hydrogen) atoms. The van der Waals surface area contributed by atoms with Crippen molar-refractivity contribution in [1.29, 1.82) is 0 Å². The van der Waals surface area contributed by atoms with Crippen LogP contribution in [0.4, 0.5) is 0 Å². The van der Waals surface area contributed by atoms with Crippen LogP contribution in [0.1, 0.15) is 144 Å². The van der Waals surface area contributed by atoms with Crippen molar-refractivity contribution in [2.75, 3.05) is 0 Å². The van der Waals surface area contributed by atoms with Gasteiger partial charge in [-0.15, -0.1) is 0 Å². The van der Waals surface area contributed by atoms with E-state index in [-0.39, 0.29) is 0 Å². The molecule has 2 atom stereocenters. The van der Waals surface area contributed by atoms with E-state index in [0.717, 1.165) is 23.7 Å². The maximum absolute atomic E-state index is 2.50. The van der Waals surface area contributed by atoms with Crippen molar-refractivity contribution in [2.24, 2.45) is 29.1 Å². The molecule has 0 spiro atoms. The van der Waals surface area contributed by atoms with Crippen LogP contribution in [0.5, 0.6) is 0 Å². The molecule has 0 bridgehead atoms. The quantitative estimate of drug-likeness (QED) is 0.249. The Balaban J connectivity index is 2.00. The summed E-state index contributed by atoms with van der Waals surface area (Å²) in [6, 6.07) is 0. The summed E-state index contributed by atoms with van der Waals surface area (Å²) >= 11 is 0. The molecule has 1 aliphatic rings. The number of unbranched alkanes of at least 4 members (excludes halogenated alkanes) is 5. The Labute approximate surface area is 173 Å². The highest BCUT2D eigenvalue weighted by atomic mass is 14.3. The fraction of sp³-hybridized carbons (Fsp3) is 1.00. The molecule has 0 radical (unpaired) electrons. The molecule has 0 aliphatic heterocycles. The van der Waals surface area contributed by atoms with Gasteiger partial charge in [0.15, 0.2) is 0 Å². The first kappa shape index (κ1) is 25.0. The van der Waals surface area contributed by atoms with E-state index in [0.29, 0.717) is 5.41 Å². The van der Waals surface area contributed by atoms with Gasteiger partial charge in [0.2, 0.25) is 0 Å². The molecule has 0 aromatic carbocycles. The number of hydrogen-bond donors (Lipinski definition) is 0. The molecule has 0 aromatic rings. The lowest BCUT2D eigenvalue weighted by Crippen LogP contribution is -2.14. The zero-order valence-corrected chi connectivity index (χ0v) is 20.1. The van der Waals surface area contributed by atoms with E-state index in [1.165, 1.54) is 103 Å². The van der Waals surface area contributed by atoms with Crippen LogP contribution in [0.2, 0.25) is 0 Å². The zero-order chi connectivity index (χ0) is 20.1. The van der Waals surface area contributed by atoms with E-state index in [1.807, 2.05) is 0 Å². The Hall–Kier alpha value is 0. The summed E-state index contributed by atoms with van der Waals surface area (Å²) < 4.78 is 0. The minimum atomic E-state index is 0.527. The smallest absolute Gasteiger partial charge is 0.0383 e. The van der Waals surface area contributed by atoms with Crippen LogP contribution >= 0.6 is 0 Å². The summed E-state index contributed by atoms with van der Waals surface area (Å²) in [5.74, 6) is 3.95. The van der Waals surface area contributed by atoms with E-state index in [9.17, 15) is 0 Å². The first-order valence-corrected chi connectivity index (χ1v) is 12.8. The van der Waals surface area contributed by atoms with Gasteiger partial charge in [-0.25, -0.2) is 0 Å². The first-order chi connectivity index (χ1) is 12.8. The highest BCUT2D eigenvalue weighted by molar-refractivity contribution is 4.76. The van der Waals surface area contributed by atoms with Crippen molar-refractivity contribution < 1.29 is 0 Å². The third-order valence-corrected chi connectivity index (χ3v) is 6.99. The monoisotopic (exact) mass is 378 g/mol. The molecular formula is C27H54. The molecule has 2 unspecified atom stereocenters. The van der Waals surface area contributed by atoms with Crippen LogP contribution in [0.3, 0.4) is 0 Å². The third-order valence-electron chi connectivity index (χ3n) is 6.99. The molecule has 1 aliphatic carbocycles. The summed E-state index contributed by atoms with van der Waals surface area (Å²) in [7, 11) is 0. The topological polar surface area (TPSA) is 0 Å². The van der Waals surface area contributed by atoms with E-state index in [1.54, 1.807) is 0 Å². The molecule has 162 valence electrons. The van der Waals surface area contributed by atoms with Gasteiger partial charge in [-0.05, 0) is 41.9 Å². The number of hydrogen-bond acceptors (Lipinski definition) is 0. The molecular weight excluding hydrogens is 324 g/mol. The minimum Gasteiger partial charge on any atom is -0.0628 e. The first-order valence-electron chi connectivity index (χ1n) is 12.8. The van der Waals surface area contributed by atoms with Gasteiger partial charge < -0.3 is 0 Å². The second kappa shape index (κ2) is 14.1. The Bertz CT molecular complexity index is 328. The molecule has 0 aromatic heterocycles. The summed E-state index contributed by atoms with van der Waals surface area (Å²) in [6.07, 6.45) is 23.7. The molecule has 1 fully saturated rings. The van der Waals surface area contributed by atoms with Crippen LogP contribution in [0, 0.1) is 29.1 Å². The van der Waals surface area contributed by atoms with Crippen molar-refractivity contribution in [3.8, 4) is 0 Å². The molecule has 1 rings (SSSR count). The Morgan fingerprint density at radius 3 is 1.78 bits per heavy atom. The lowest BCUT2D eigenvalue weighted by atomic mass is 9.81. The normalized spacial score (nSPS) is 18.3. The van der Waals surface area contributed by atoms with E-state index < -0.39 is 0 Å². The largest absolute Gasteiger partial charge is 0.0628 e. The minimum absolute atomic E-state index is 0.527. The van der Waals surface area contributed by atoms with Crippen molar-refractivity contribution in [3.63, 3.8) is 0 Å². The van der Waals surface area contributed by atoms with E-state index >= 15 is 0 Å². The van der Waals surface area contributed by atoms with Crippen LogP contribution in [-0.2, 0) is 0 Å². The maximum atomic E-state index is 2.50. The molecule has 0 saturated heterocycles. The fourth-order valence-electron chi connectivity index (χ4n) is 5.30. The van der Waals surface area contributed by atoms with Gasteiger partial charge in [-0.1, -0.05) is 131 Å². The zero-order valence-electron chi connectivity index (χ0n) is 20.1. The average molecular weight is 379 g/mol. The van der Waals surface area contributed by atoms with Crippen molar-refractivity contribution in [2.45, 2.75) is 144 Å². The molecule has 0 N–H and O–H groups in total. The second-order valence-corrected chi connectivity index (χ2v) is 11.7. The highest BCUT2D eigenvalue weighted by Gasteiger charge is 2.25. The Morgan fingerprint density at radius 2 is 1.22 bits per heavy atom. The van der Waals surface area contributed by atoms with Crippen molar-refractivity contribution >= 4 is 0 Å². The Kier molecular flexibility index (Phi) is 13.0. The van der Waals surface area contributed by atoms with Gasteiger partial charge in [-0.3, -0.25) is 0 Å². The van der Waals surface area contributed by atoms with Crippen LogP contribution in [-0.4, -0.2) is 0 Å². The lowest BCUT2D eigenvalue weighted by molar-refractivity contribution is 0.260. The average Bonchev–Trinajstić information content (AvgIpc) is 3.09. The van der Waals surface area contributed by atoms with E-state index in [2.05, 4.69) is 41.5 Å². The fourth-order valence-corrected chi connectivity index (χ4v) is 5.30. The molecule has 0 heteroatoms. The summed E-state index contributed by atoms with van der Waals surface area (Å²) in [5.41, 5.74) is 0.527. The molecule has 1 saturated carbocycles. The Morgan fingerprint density at radius 1 is 0.704 bits per heavy atom. The predicted octanol–water partition coefficient (Wildman–Crippen LogP) is 9.81. The second-order valence-electron chi connectivity index (χ2n) is 11.7. The van der Waals surface area contributed by atoms with Gasteiger partial charge in [0.1, 0.15) is 0 Å². The van der Waals surface area contributed by atoms with Gasteiger partial charge in [0.05, 0.1) is 0 Å². The van der Waals surface area contributed by atoms with Gasteiger partial charge in [0.25, 0.3) is 0 Å². The van der Waals surface area contributed by atoms with Crippen LogP contribution in [0.15, 0.2) is 0 Å². The lowest BCUT2D eigenvalue weighted by Gasteiger charge is -2.25. The molecule has 0 heterocycles. The molecule has 0 nitrogen and oxygen atoms in total. The van der Waals surface area contributed by atoms with Gasteiger partial charge in [0, 0.05) is 0 Å². The van der Waals surface area contributed by atoms with Gasteiger partial charge in [-0.2, -0.15) is 0 Å². The van der Waals surface area contributed by atoms with Crippen LogP contribution in [0.25, 0.3) is 0 Å². The SMILES string of the molecule is CC(C)CC(CCCCCC(C)CCCCCCC(C)(C)C)C1CCCC1. The van der Waals surface area contributed by atoms with E-state index in [4.69, 9.17) is 0 Å². The number of rotatable bonds is 15. The van der Waals surface area contributed by atoms with Crippen molar-refractivity contribution in [3.05, 3.63) is 0 Å². The maximum Gasteiger partial charge on any atom is -0.0383 e. The third kappa shape index (κ3) is 13.8.